The van der Waals surface area contributed by atoms with Gasteiger partial charge in [-0.3, -0.25) is 4.79 Å². The first-order chi connectivity index (χ1) is 11.3. The fourth-order valence-corrected chi connectivity index (χ4v) is 4.26. The number of likely N-dealkylation sites (tertiary alicyclic amines) is 1. The van der Waals surface area contributed by atoms with Crippen molar-refractivity contribution in [2.24, 2.45) is 5.92 Å². The molecule has 1 N–H and O–H groups in total. The van der Waals surface area contributed by atoms with Gasteiger partial charge in [-0.15, -0.1) is 0 Å². The lowest BCUT2D eigenvalue weighted by Crippen LogP contribution is -2.42. The van der Waals surface area contributed by atoms with Crippen LogP contribution in [0.15, 0.2) is 30.2 Å². The summed E-state index contributed by atoms with van der Waals surface area (Å²) >= 11 is 11.9. The maximum atomic E-state index is 12.3. The predicted octanol–water partition coefficient (Wildman–Crippen LogP) is 3.20. The summed E-state index contributed by atoms with van der Waals surface area (Å²) in [6.45, 7) is 4.59. The number of halogens is 2. The molecule has 1 aliphatic heterocycles. The van der Waals surface area contributed by atoms with E-state index in [-0.39, 0.29) is 24.1 Å². The number of carbonyl (C=O) groups excluding carboxylic acids is 1. The first kappa shape index (κ1) is 19.1. The van der Waals surface area contributed by atoms with Gasteiger partial charge in [0, 0.05) is 23.5 Å². The van der Waals surface area contributed by atoms with E-state index in [0.717, 1.165) is 5.41 Å². The zero-order valence-electron chi connectivity index (χ0n) is 13.2. The summed E-state index contributed by atoms with van der Waals surface area (Å²) in [7, 11) is -3.19. The number of hydrogen-bond donors (Lipinski definition) is 1. The van der Waals surface area contributed by atoms with Crippen molar-refractivity contribution in [3.05, 3.63) is 40.2 Å². The molecule has 1 heterocycles. The van der Waals surface area contributed by atoms with Crippen LogP contribution in [0, 0.1) is 5.92 Å². The molecule has 0 bridgehead atoms. The van der Waals surface area contributed by atoms with E-state index in [1.807, 2.05) is 0 Å². The normalized spacial score (nSPS) is 16.0. The Balaban J connectivity index is 1.81. The molecule has 132 valence electrons. The molecule has 0 saturated carbocycles. The smallest absolute Gasteiger partial charge is 0.241 e. The molecular formula is C16H20Cl2N2O3S. The van der Waals surface area contributed by atoms with Gasteiger partial charge in [0.1, 0.15) is 0 Å². The molecule has 0 aliphatic carbocycles. The monoisotopic (exact) mass is 390 g/mol. The van der Waals surface area contributed by atoms with Crippen molar-refractivity contribution in [2.75, 3.05) is 30.7 Å². The fraction of sp³-hybridized carbons (Fsp3) is 0.438. The lowest BCUT2D eigenvalue weighted by Gasteiger charge is -2.31. The van der Waals surface area contributed by atoms with Crippen molar-refractivity contribution in [2.45, 2.75) is 12.8 Å². The number of anilines is 1. The van der Waals surface area contributed by atoms with Gasteiger partial charge in [-0.2, -0.15) is 0 Å². The first-order valence-corrected chi connectivity index (χ1v) is 10.1. The minimum absolute atomic E-state index is 0.0361. The van der Waals surface area contributed by atoms with E-state index in [2.05, 4.69) is 11.9 Å². The molecule has 24 heavy (non-hydrogen) atoms. The zero-order chi connectivity index (χ0) is 17.7. The Bertz CT molecular complexity index is 714. The van der Waals surface area contributed by atoms with E-state index in [4.69, 9.17) is 23.2 Å². The third-order valence-electron chi connectivity index (χ3n) is 4.05. The Hall–Kier alpha value is -1.24. The molecule has 2 rings (SSSR count). The summed E-state index contributed by atoms with van der Waals surface area (Å²) in [6, 6.07) is 5.04. The Morgan fingerprint density at radius 1 is 1.33 bits per heavy atom. The van der Waals surface area contributed by atoms with Gasteiger partial charge >= 0.3 is 0 Å². The Morgan fingerprint density at radius 3 is 2.58 bits per heavy atom. The number of amides is 1. The molecule has 0 radical (unpaired) electrons. The Morgan fingerprint density at radius 2 is 2.00 bits per heavy atom. The molecule has 1 aliphatic rings. The topological polar surface area (TPSA) is 66.5 Å². The summed E-state index contributed by atoms with van der Waals surface area (Å²) in [5, 5.41) is 5.01. The summed E-state index contributed by atoms with van der Waals surface area (Å²) in [5.41, 5.74) is 0.654. The third-order valence-corrected chi connectivity index (χ3v) is 6.04. The highest BCUT2D eigenvalue weighted by molar-refractivity contribution is 7.94. The first-order valence-electron chi connectivity index (χ1n) is 7.62. The zero-order valence-corrected chi connectivity index (χ0v) is 15.5. The second kappa shape index (κ2) is 8.23. The second-order valence-corrected chi connectivity index (χ2v) is 8.63. The van der Waals surface area contributed by atoms with Crippen molar-refractivity contribution in [1.29, 1.82) is 0 Å². The molecule has 0 atom stereocenters. The fourth-order valence-electron chi connectivity index (χ4n) is 2.66. The quantitative estimate of drug-likeness (QED) is 0.809. The maximum absolute atomic E-state index is 12.3. The van der Waals surface area contributed by atoms with Crippen LogP contribution in [0.2, 0.25) is 10.0 Å². The van der Waals surface area contributed by atoms with Gasteiger partial charge in [0.2, 0.25) is 5.91 Å². The van der Waals surface area contributed by atoms with Gasteiger partial charge < -0.3 is 10.2 Å². The highest BCUT2D eigenvalue weighted by atomic mass is 35.5. The largest absolute Gasteiger partial charge is 0.375 e. The number of rotatable bonds is 6. The van der Waals surface area contributed by atoms with Crippen LogP contribution in [0.3, 0.4) is 0 Å². The van der Waals surface area contributed by atoms with Crippen LogP contribution in [0.5, 0.6) is 0 Å². The molecule has 5 nitrogen and oxygen atoms in total. The molecule has 0 aromatic heterocycles. The Labute approximate surface area is 152 Å². The highest BCUT2D eigenvalue weighted by Gasteiger charge is 2.25. The van der Waals surface area contributed by atoms with E-state index in [0.29, 0.717) is 41.7 Å². The number of sulfone groups is 1. The van der Waals surface area contributed by atoms with Crippen LogP contribution < -0.4 is 5.32 Å². The molecule has 8 heteroatoms. The number of nitrogens with one attached hydrogen (secondary N) is 1. The summed E-state index contributed by atoms with van der Waals surface area (Å²) in [4.78, 5) is 14.0. The maximum Gasteiger partial charge on any atom is 0.241 e. The van der Waals surface area contributed by atoms with Crippen LogP contribution in [0.25, 0.3) is 0 Å². The average Bonchev–Trinajstić information content (AvgIpc) is 2.54. The van der Waals surface area contributed by atoms with Crippen LogP contribution in [0.1, 0.15) is 12.8 Å². The lowest BCUT2D eigenvalue weighted by atomic mass is 9.99. The summed E-state index contributed by atoms with van der Waals surface area (Å²) in [6.07, 6.45) is 1.36. The van der Waals surface area contributed by atoms with E-state index >= 15 is 0 Å². The number of piperidine rings is 1. The van der Waals surface area contributed by atoms with E-state index in [9.17, 15) is 13.2 Å². The average molecular weight is 391 g/mol. The molecule has 1 aromatic carbocycles. The van der Waals surface area contributed by atoms with Crippen molar-refractivity contribution in [3.8, 4) is 0 Å². The molecule has 1 aromatic rings. The molecule has 1 amide bonds. The lowest BCUT2D eigenvalue weighted by molar-refractivity contribution is -0.130. The van der Waals surface area contributed by atoms with E-state index in [1.54, 1.807) is 23.1 Å². The van der Waals surface area contributed by atoms with Crippen LogP contribution in [-0.4, -0.2) is 44.6 Å². The van der Waals surface area contributed by atoms with Crippen molar-refractivity contribution >= 4 is 44.6 Å². The standard InChI is InChI=1S/C16H20Cl2N2O3S/c1-2-24(22,23)11-12-5-7-20(8-6-12)16(21)10-19-15-4-3-13(17)9-14(15)18/h2-4,9,12,19H,1,5-8,10-11H2. The van der Waals surface area contributed by atoms with Gasteiger partial charge in [-0.25, -0.2) is 8.42 Å². The summed E-state index contributed by atoms with van der Waals surface area (Å²) in [5.74, 6) is 0.152. The van der Waals surface area contributed by atoms with Crippen LogP contribution in [-0.2, 0) is 14.6 Å². The number of benzene rings is 1. The highest BCUT2D eigenvalue weighted by Crippen LogP contribution is 2.25. The predicted molar refractivity (Wildman–Crippen MR) is 98.2 cm³/mol. The minimum Gasteiger partial charge on any atom is -0.375 e. The SMILES string of the molecule is C=CS(=O)(=O)CC1CCN(C(=O)CNc2ccc(Cl)cc2Cl)CC1. The third kappa shape index (κ3) is 5.40. The number of hydrogen-bond acceptors (Lipinski definition) is 4. The van der Waals surface area contributed by atoms with Gasteiger partial charge in [-0.05, 0) is 37.0 Å². The molecular weight excluding hydrogens is 371 g/mol. The Kier molecular flexibility index (Phi) is 6.54. The molecule has 1 fully saturated rings. The summed E-state index contributed by atoms with van der Waals surface area (Å²) < 4.78 is 23.1. The second-order valence-electron chi connectivity index (χ2n) is 5.80. The molecule has 0 unspecified atom stereocenters. The van der Waals surface area contributed by atoms with Crippen LogP contribution in [0.4, 0.5) is 5.69 Å². The van der Waals surface area contributed by atoms with Gasteiger partial charge in [-0.1, -0.05) is 29.8 Å². The number of carbonyl (C=O) groups is 1. The van der Waals surface area contributed by atoms with Gasteiger partial charge in [0.25, 0.3) is 0 Å². The molecule has 0 spiro atoms. The van der Waals surface area contributed by atoms with Crippen LogP contribution >= 0.6 is 23.2 Å². The van der Waals surface area contributed by atoms with Gasteiger partial charge in [0.15, 0.2) is 9.84 Å². The number of nitrogens with zero attached hydrogens (tertiary/aromatic N) is 1. The van der Waals surface area contributed by atoms with E-state index < -0.39 is 9.84 Å². The minimum atomic E-state index is -3.19. The van der Waals surface area contributed by atoms with Gasteiger partial charge in [0.05, 0.1) is 23.0 Å². The molecule has 1 saturated heterocycles. The van der Waals surface area contributed by atoms with Crippen molar-refractivity contribution in [1.82, 2.24) is 4.90 Å². The van der Waals surface area contributed by atoms with Crippen molar-refractivity contribution in [3.63, 3.8) is 0 Å². The van der Waals surface area contributed by atoms with Crippen molar-refractivity contribution < 1.29 is 13.2 Å². The van der Waals surface area contributed by atoms with E-state index in [1.165, 1.54) is 0 Å².